The zero-order chi connectivity index (χ0) is 19.3. The standard InChI is InChI=1S/C16H19Cl2N5O2S2/c17-12-5-6-13(18)14(11-12)27(24,25)21-8-4-2-1-3-7-19-15-22-26-16-20-9-10-23(15)16/h5-6,9-11,21H,1-4,7-8H2,(H,19,22). The molecule has 1 aromatic carbocycles. The number of benzene rings is 1. The lowest BCUT2D eigenvalue weighted by molar-refractivity contribution is 0.573. The van der Waals surface area contributed by atoms with Crippen LogP contribution in [0.15, 0.2) is 35.5 Å². The molecule has 0 amide bonds. The summed E-state index contributed by atoms with van der Waals surface area (Å²) in [5.74, 6) is 0.804. The van der Waals surface area contributed by atoms with Crippen molar-refractivity contribution < 1.29 is 8.42 Å². The van der Waals surface area contributed by atoms with Gasteiger partial charge in [-0.3, -0.25) is 4.40 Å². The third-order valence-corrected chi connectivity index (χ3v) is 6.82. The molecule has 2 N–H and O–H groups in total. The summed E-state index contributed by atoms with van der Waals surface area (Å²) in [7, 11) is -3.65. The first-order valence-electron chi connectivity index (χ1n) is 8.45. The Morgan fingerprint density at radius 1 is 1.11 bits per heavy atom. The quantitative estimate of drug-likeness (QED) is 0.457. The van der Waals surface area contributed by atoms with Crippen LogP contribution in [0.2, 0.25) is 10.0 Å². The van der Waals surface area contributed by atoms with Crippen molar-refractivity contribution >= 4 is 55.7 Å². The number of hydrogen-bond acceptors (Lipinski definition) is 6. The van der Waals surface area contributed by atoms with Crippen LogP contribution in [0.4, 0.5) is 5.95 Å². The van der Waals surface area contributed by atoms with Crippen LogP contribution >= 0.6 is 34.7 Å². The number of unbranched alkanes of at least 4 members (excludes halogenated alkanes) is 3. The first-order chi connectivity index (χ1) is 13.0. The van der Waals surface area contributed by atoms with Gasteiger partial charge in [-0.15, -0.1) is 0 Å². The van der Waals surface area contributed by atoms with Gasteiger partial charge < -0.3 is 5.32 Å². The molecule has 0 aliphatic carbocycles. The Labute approximate surface area is 171 Å². The van der Waals surface area contributed by atoms with Crippen LogP contribution in [0.25, 0.3) is 4.96 Å². The smallest absolute Gasteiger partial charge is 0.242 e. The van der Waals surface area contributed by atoms with Gasteiger partial charge in [-0.2, -0.15) is 4.37 Å². The molecule has 0 aliphatic heterocycles. The third-order valence-electron chi connectivity index (χ3n) is 3.91. The van der Waals surface area contributed by atoms with E-state index >= 15 is 0 Å². The Bertz CT molecular complexity index is 1000. The molecule has 0 spiro atoms. The van der Waals surface area contributed by atoms with E-state index in [4.69, 9.17) is 23.2 Å². The zero-order valence-corrected chi connectivity index (χ0v) is 17.5. The first-order valence-corrected chi connectivity index (χ1v) is 11.5. The summed E-state index contributed by atoms with van der Waals surface area (Å²) in [5, 5.41) is 3.78. The van der Waals surface area contributed by atoms with Gasteiger partial charge in [0.25, 0.3) is 0 Å². The molecule has 0 radical (unpaired) electrons. The number of rotatable bonds is 10. The molecule has 2 heterocycles. The maximum atomic E-state index is 12.3. The van der Waals surface area contributed by atoms with Crippen LogP contribution in [0.5, 0.6) is 0 Å². The predicted octanol–water partition coefficient (Wildman–Crippen LogP) is 4.05. The second kappa shape index (κ2) is 9.20. The van der Waals surface area contributed by atoms with Gasteiger partial charge in [-0.05, 0) is 31.0 Å². The molecular formula is C16H19Cl2N5O2S2. The lowest BCUT2D eigenvalue weighted by Crippen LogP contribution is -2.25. The maximum Gasteiger partial charge on any atom is 0.242 e. The van der Waals surface area contributed by atoms with E-state index in [9.17, 15) is 8.42 Å². The molecule has 3 aromatic rings. The van der Waals surface area contributed by atoms with Gasteiger partial charge in [0.05, 0.1) is 5.02 Å². The number of anilines is 1. The SMILES string of the molecule is O=S(=O)(NCCCCCCNc1nsc2nccn12)c1cc(Cl)ccc1Cl. The van der Waals surface area contributed by atoms with E-state index in [0.717, 1.165) is 43.1 Å². The van der Waals surface area contributed by atoms with E-state index in [1.54, 1.807) is 12.3 Å². The number of sulfonamides is 1. The molecule has 0 aliphatic rings. The summed E-state index contributed by atoms with van der Waals surface area (Å²) in [6.45, 7) is 1.17. The number of aromatic nitrogens is 3. The van der Waals surface area contributed by atoms with Crippen LogP contribution in [0, 0.1) is 0 Å². The fourth-order valence-electron chi connectivity index (χ4n) is 2.54. The normalized spacial score (nSPS) is 11.9. The number of fused-ring (bicyclic) bond motifs is 1. The Morgan fingerprint density at radius 2 is 1.89 bits per heavy atom. The predicted molar refractivity (Wildman–Crippen MR) is 109 cm³/mol. The molecule has 0 bridgehead atoms. The first kappa shape index (κ1) is 20.3. The Hall–Kier alpha value is -1.39. The second-order valence-corrected chi connectivity index (χ2v) is 9.21. The van der Waals surface area contributed by atoms with Crippen LogP contribution in [0.1, 0.15) is 25.7 Å². The summed E-state index contributed by atoms with van der Waals surface area (Å²) in [6.07, 6.45) is 7.26. The molecule has 146 valence electrons. The van der Waals surface area contributed by atoms with Gasteiger partial charge in [-0.1, -0.05) is 36.0 Å². The minimum atomic E-state index is -3.65. The third kappa shape index (κ3) is 5.32. The molecule has 0 fully saturated rings. The highest BCUT2D eigenvalue weighted by molar-refractivity contribution is 7.89. The van der Waals surface area contributed by atoms with E-state index in [0.29, 0.717) is 11.6 Å². The highest BCUT2D eigenvalue weighted by atomic mass is 35.5. The maximum absolute atomic E-state index is 12.3. The monoisotopic (exact) mass is 447 g/mol. The molecule has 27 heavy (non-hydrogen) atoms. The van der Waals surface area contributed by atoms with E-state index in [1.165, 1.54) is 23.7 Å². The van der Waals surface area contributed by atoms with Gasteiger partial charge >= 0.3 is 0 Å². The molecule has 2 aromatic heterocycles. The summed E-state index contributed by atoms with van der Waals surface area (Å²) >= 11 is 13.2. The average molecular weight is 448 g/mol. The summed E-state index contributed by atoms with van der Waals surface area (Å²) in [4.78, 5) is 5.05. The molecule has 0 saturated carbocycles. The minimum absolute atomic E-state index is 0.00921. The zero-order valence-electron chi connectivity index (χ0n) is 14.4. The topological polar surface area (TPSA) is 88.4 Å². The Balaban J connectivity index is 1.33. The molecular weight excluding hydrogens is 429 g/mol. The Morgan fingerprint density at radius 3 is 2.70 bits per heavy atom. The van der Waals surface area contributed by atoms with Crippen molar-refractivity contribution in [3.8, 4) is 0 Å². The van der Waals surface area contributed by atoms with E-state index in [2.05, 4.69) is 19.4 Å². The van der Waals surface area contributed by atoms with Gasteiger partial charge in [0, 0.05) is 42.0 Å². The van der Waals surface area contributed by atoms with Crippen molar-refractivity contribution in [3.05, 3.63) is 40.6 Å². The number of nitrogens with one attached hydrogen (secondary N) is 2. The lowest BCUT2D eigenvalue weighted by Gasteiger charge is -2.09. The van der Waals surface area contributed by atoms with Crippen molar-refractivity contribution in [2.75, 3.05) is 18.4 Å². The van der Waals surface area contributed by atoms with Crippen LogP contribution in [-0.4, -0.2) is 35.3 Å². The fraction of sp³-hybridized carbons (Fsp3) is 0.375. The van der Waals surface area contributed by atoms with E-state index < -0.39 is 10.0 Å². The molecule has 7 nitrogen and oxygen atoms in total. The van der Waals surface area contributed by atoms with Crippen molar-refractivity contribution in [2.45, 2.75) is 30.6 Å². The minimum Gasteiger partial charge on any atom is -0.355 e. The summed E-state index contributed by atoms with van der Waals surface area (Å²) < 4.78 is 33.3. The van der Waals surface area contributed by atoms with Gasteiger partial charge in [0.1, 0.15) is 4.90 Å². The van der Waals surface area contributed by atoms with Crippen LogP contribution in [0.3, 0.4) is 0 Å². The molecule has 0 unspecified atom stereocenters. The largest absolute Gasteiger partial charge is 0.355 e. The molecule has 0 saturated heterocycles. The summed E-state index contributed by atoms with van der Waals surface area (Å²) in [5.41, 5.74) is 0. The van der Waals surface area contributed by atoms with Crippen LogP contribution in [-0.2, 0) is 10.0 Å². The van der Waals surface area contributed by atoms with Crippen LogP contribution < -0.4 is 10.0 Å². The number of nitrogens with zero attached hydrogens (tertiary/aromatic N) is 3. The van der Waals surface area contributed by atoms with Gasteiger partial charge in [-0.25, -0.2) is 18.1 Å². The van der Waals surface area contributed by atoms with Gasteiger partial charge in [0.2, 0.25) is 20.9 Å². The molecule has 11 heteroatoms. The second-order valence-electron chi connectivity index (χ2n) is 5.90. The highest BCUT2D eigenvalue weighted by Gasteiger charge is 2.17. The number of halogens is 2. The number of imidazole rings is 1. The fourth-order valence-corrected chi connectivity index (χ4v) is 5.03. The van der Waals surface area contributed by atoms with E-state index in [-0.39, 0.29) is 9.92 Å². The van der Waals surface area contributed by atoms with Crippen molar-refractivity contribution in [1.82, 2.24) is 18.5 Å². The lowest BCUT2D eigenvalue weighted by atomic mass is 10.2. The highest BCUT2D eigenvalue weighted by Crippen LogP contribution is 2.24. The van der Waals surface area contributed by atoms with Crippen molar-refractivity contribution in [1.29, 1.82) is 0 Å². The number of hydrogen-bond donors (Lipinski definition) is 2. The van der Waals surface area contributed by atoms with Crippen molar-refractivity contribution in [2.24, 2.45) is 0 Å². The molecule has 0 atom stereocenters. The molecule has 3 rings (SSSR count). The average Bonchev–Trinajstić information content (AvgIpc) is 3.23. The Kier molecular flexibility index (Phi) is 6.93. The summed E-state index contributed by atoms with van der Waals surface area (Å²) in [6, 6.07) is 4.39. The van der Waals surface area contributed by atoms with Crippen molar-refractivity contribution in [3.63, 3.8) is 0 Å². The van der Waals surface area contributed by atoms with E-state index in [1.807, 2.05) is 10.6 Å². The van der Waals surface area contributed by atoms with Gasteiger partial charge in [0.15, 0.2) is 0 Å².